The average Bonchev–Trinajstić information content (AvgIpc) is 2.08. The van der Waals surface area contributed by atoms with Gasteiger partial charge in [-0.2, -0.15) is 0 Å². The van der Waals surface area contributed by atoms with E-state index in [4.69, 9.17) is 0 Å². The van der Waals surface area contributed by atoms with Gasteiger partial charge in [-0.3, -0.25) is 9.79 Å². The first kappa shape index (κ1) is 11.8. The van der Waals surface area contributed by atoms with E-state index in [9.17, 15) is 9.90 Å². The van der Waals surface area contributed by atoms with Gasteiger partial charge in [0.2, 0.25) is 5.43 Å². The van der Waals surface area contributed by atoms with E-state index < -0.39 is 0 Å². The molecule has 0 aliphatic rings. The maximum Gasteiger partial charge on any atom is 0.249 e. The van der Waals surface area contributed by atoms with E-state index in [1.807, 2.05) is 34.6 Å². The van der Waals surface area contributed by atoms with Crippen molar-refractivity contribution in [2.75, 3.05) is 5.32 Å². The Labute approximate surface area is 89.4 Å². The van der Waals surface area contributed by atoms with Crippen LogP contribution in [-0.2, 0) is 0 Å². The molecule has 0 aromatic heterocycles. The van der Waals surface area contributed by atoms with Crippen LogP contribution in [-0.4, -0.2) is 16.7 Å². The van der Waals surface area contributed by atoms with Crippen LogP contribution >= 0.6 is 0 Å². The van der Waals surface area contributed by atoms with Crippen molar-refractivity contribution in [1.29, 1.82) is 0 Å². The molecular formula is C11H18N2O2. The van der Waals surface area contributed by atoms with Crippen LogP contribution in [0.25, 0.3) is 0 Å². The second kappa shape index (κ2) is 3.68. The molecule has 0 bridgehead atoms. The van der Waals surface area contributed by atoms with E-state index in [2.05, 4.69) is 10.3 Å². The topological polar surface area (TPSA) is 61.7 Å². The molecule has 0 aliphatic carbocycles. The third-order valence-corrected chi connectivity index (χ3v) is 1.79. The highest BCUT2D eigenvalue weighted by Crippen LogP contribution is 2.19. The molecule has 0 amide bonds. The summed E-state index contributed by atoms with van der Waals surface area (Å²) < 4.78 is 0. The first-order chi connectivity index (χ1) is 6.72. The monoisotopic (exact) mass is 210 g/mol. The van der Waals surface area contributed by atoms with Crippen molar-refractivity contribution in [2.24, 2.45) is 4.99 Å². The predicted molar refractivity (Wildman–Crippen MR) is 60.8 cm³/mol. The predicted octanol–water partition coefficient (Wildman–Crippen LogP) is 1.15. The molecule has 4 heteroatoms. The van der Waals surface area contributed by atoms with Crippen LogP contribution in [0.3, 0.4) is 0 Å². The minimum Gasteiger partial charge on any atom is -0.503 e. The zero-order chi connectivity index (χ0) is 11.8. The van der Waals surface area contributed by atoms with E-state index in [0.29, 0.717) is 11.0 Å². The molecule has 15 heavy (non-hydrogen) atoms. The molecule has 2 N–H and O–H groups in total. The molecule has 0 saturated carbocycles. The maximum atomic E-state index is 11.3. The van der Waals surface area contributed by atoms with Crippen molar-refractivity contribution in [3.05, 3.63) is 15.6 Å². The lowest BCUT2D eigenvalue weighted by Crippen LogP contribution is -2.40. The molecule has 0 saturated heterocycles. The number of anilines is 1. The molecule has 0 heterocycles. The number of hydrogen-bond acceptors (Lipinski definition) is 4. The highest BCUT2D eigenvalue weighted by Gasteiger charge is 2.22. The molecule has 0 fully saturated rings. The number of hydrogen-bond donors (Lipinski definition) is 2. The number of rotatable bonds is 2. The van der Waals surface area contributed by atoms with Gasteiger partial charge in [0, 0.05) is 11.6 Å². The van der Waals surface area contributed by atoms with Gasteiger partial charge >= 0.3 is 0 Å². The van der Waals surface area contributed by atoms with Crippen LogP contribution in [0.15, 0.2) is 9.79 Å². The molecule has 0 aliphatic heterocycles. The summed E-state index contributed by atoms with van der Waals surface area (Å²) in [6.07, 6.45) is 0. The third-order valence-electron chi connectivity index (χ3n) is 1.79. The summed E-state index contributed by atoms with van der Waals surface area (Å²) in [5.74, 6) is -0.204. The van der Waals surface area contributed by atoms with Crippen molar-refractivity contribution in [1.82, 2.24) is 0 Å². The zero-order valence-electron chi connectivity index (χ0n) is 9.88. The van der Waals surface area contributed by atoms with Gasteiger partial charge < -0.3 is 10.4 Å². The Morgan fingerprint density at radius 2 is 1.87 bits per heavy atom. The molecule has 0 unspecified atom stereocenters. The lowest BCUT2D eigenvalue weighted by atomic mass is 10.1. The molecule has 0 spiro atoms. The Morgan fingerprint density at radius 3 is 2.27 bits per heavy atom. The van der Waals surface area contributed by atoms with E-state index in [1.54, 1.807) is 0 Å². The zero-order valence-corrected chi connectivity index (χ0v) is 9.88. The van der Waals surface area contributed by atoms with Gasteiger partial charge in [0.15, 0.2) is 5.75 Å². The van der Waals surface area contributed by atoms with Crippen LogP contribution in [0.5, 0.6) is 5.75 Å². The van der Waals surface area contributed by atoms with Crippen LogP contribution < -0.4 is 16.1 Å². The quantitative estimate of drug-likeness (QED) is 0.769. The Balaban J connectivity index is 3.11. The summed E-state index contributed by atoms with van der Waals surface area (Å²) in [6, 6.07) is 0.0498. The number of nitrogens with zero attached hydrogens (tertiary/aromatic N) is 1. The van der Waals surface area contributed by atoms with E-state index in [1.165, 1.54) is 0 Å². The van der Waals surface area contributed by atoms with E-state index in [-0.39, 0.29) is 22.8 Å². The maximum absolute atomic E-state index is 11.3. The number of nitrogens with one attached hydrogen (secondary N) is 1. The second-order valence-electron chi connectivity index (χ2n) is 5.00. The molecular weight excluding hydrogens is 192 g/mol. The van der Waals surface area contributed by atoms with Gasteiger partial charge in [-0.1, -0.05) is 0 Å². The van der Waals surface area contributed by atoms with Gasteiger partial charge in [0.1, 0.15) is 11.0 Å². The third kappa shape index (κ3) is 2.58. The van der Waals surface area contributed by atoms with Gasteiger partial charge in [-0.05, 0) is 34.6 Å². The Morgan fingerprint density at radius 1 is 1.33 bits per heavy atom. The van der Waals surface area contributed by atoms with Gasteiger partial charge in [-0.25, -0.2) is 0 Å². The van der Waals surface area contributed by atoms with Gasteiger partial charge in [-0.15, -0.1) is 0 Å². The molecule has 1 aromatic carbocycles. The fourth-order valence-electron chi connectivity index (χ4n) is 1.26. The highest BCUT2D eigenvalue weighted by molar-refractivity contribution is 5.61. The number of aromatic hydroxyl groups is 1. The van der Waals surface area contributed by atoms with Crippen molar-refractivity contribution in [2.45, 2.75) is 46.2 Å². The Bertz CT molecular complexity index is 432. The van der Waals surface area contributed by atoms with Crippen molar-refractivity contribution < 1.29 is 5.11 Å². The van der Waals surface area contributed by atoms with Crippen LogP contribution in [0, 0.1) is 0 Å². The van der Waals surface area contributed by atoms with Crippen molar-refractivity contribution in [3.8, 4) is 5.75 Å². The second-order valence-corrected chi connectivity index (χ2v) is 5.00. The largest absolute Gasteiger partial charge is 0.503 e. The van der Waals surface area contributed by atoms with Crippen molar-refractivity contribution in [3.63, 3.8) is 0 Å². The fraction of sp³-hybridized carbons (Fsp3) is 0.636. The molecule has 1 rings (SSSR count). The first-order valence-corrected chi connectivity index (χ1v) is 5.06. The summed E-state index contributed by atoms with van der Waals surface area (Å²) in [6.45, 7) is 9.67. The van der Waals surface area contributed by atoms with Crippen LogP contribution in [0.2, 0.25) is 0 Å². The summed E-state index contributed by atoms with van der Waals surface area (Å²) in [7, 11) is 0. The van der Waals surface area contributed by atoms with Crippen LogP contribution in [0.4, 0.5) is 5.69 Å². The molecule has 0 atom stereocenters. The molecule has 1 aromatic rings. The van der Waals surface area contributed by atoms with E-state index >= 15 is 0 Å². The standard InChI is InChI=1S/C11H18N2O2/c1-6(2)12-7-8(10(15)9(7)14)13-11(3,4)5/h6,13,15H,1-5H3/b12-7-. The average molecular weight is 210 g/mol. The summed E-state index contributed by atoms with van der Waals surface area (Å²) in [4.78, 5) is 15.5. The lowest BCUT2D eigenvalue weighted by Gasteiger charge is -2.24. The SMILES string of the molecule is CC(C)/N=c1/c(NC(C)(C)C)c(O)c1=O. The minimum absolute atomic E-state index is 0.0498. The minimum atomic E-state index is -0.365. The Kier molecular flexibility index (Phi) is 2.88. The molecule has 84 valence electrons. The summed E-state index contributed by atoms with van der Waals surface area (Å²) in [5, 5.41) is 12.8. The highest BCUT2D eigenvalue weighted by atomic mass is 16.3. The Hall–Kier alpha value is -1.32. The first-order valence-electron chi connectivity index (χ1n) is 5.06. The molecule has 4 nitrogen and oxygen atoms in total. The van der Waals surface area contributed by atoms with Gasteiger partial charge in [0.25, 0.3) is 0 Å². The van der Waals surface area contributed by atoms with Crippen molar-refractivity contribution >= 4 is 5.69 Å². The normalized spacial score (nSPS) is 13.9. The lowest BCUT2D eigenvalue weighted by molar-refractivity contribution is 0.460. The molecule has 0 radical (unpaired) electrons. The fourth-order valence-corrected chi connectivity index (χ4v) is 1.26. The summed E-state index contributed by atoms with van der Waals surface area (Å²) >= 11 is 0. The van der Waals surface area contributed by atoms with Gasteiger partial charge in [0.05, 0.1) is 0 Å². The van der Waals surface area contributed by atoms with E-state index in [0.717, 1.165) is 0 Å². The smallest absolute Gasteiger partial charge is 0.249 e. The summed E-state index contributed by atoms with van der Waals surface area (Å²) in [5.41, 5.74) is -0.0847. The van der Waals surface area contributed by atoms with Crippen LogP contribution in [0.1, 0.15) is 34.6 Å².